The first-order chi connectivity index (χ1) is 5.93. The van der Waals surface area contributed by atoms with E-state index in [0.29, 0.717) is 6.07 Å². The molecule has 0 bridgehead atoms. The molecule has 0 amide bonds. The van der Waals surface area contributed by atoms with Gasteiger partial charge in [-0.05, 0) is 23.7 Å². The van der Waals surface area contributed by atoms with Gasteiger partial charge in [0.15, 0.2) is 11.6 Å². The Hall–Kier alpha value is -1.03. The van der Waals surface area contributed by atoms with Gasteiger partial charge in [0.1, 0.15) is 5.82 Å². The molecular formula is C8H6ClF3O. The van der Waals surface area contributed by atoms with E-state index in [9.17, 15) is 18.0 Å². The number of carbonyl (C=O) groups excluding carboxylic acids is 1. The molecular weight excluding hydrogens is 205 g/mol. The van der Waals surface area contributed by atoms with Gasteiger partial charge in [0.25, 0.3) is 0 Å². The number of rotatable bonds is 0. The summed E-state index contributed by atoms with van der Waals surface area (Å²) < 4.78 is 35.9. The summed E-state index contributed by atoms with van der Waals surface area (Å²) in [4.78, 5) is 9.21. The van der Waals surface area contributed by atoms with E-state index in [2.05, 4.69) is 11.6 Å². The Morgan fingerprint density at radius 2 is 1.69 bits per heavy atom. The first-order valence-electron chi connectivity index (χ1n) is 3.20. The fourth-order valence-electron chi connectivity index (χ4n) is 0.470. The monoisotopic (exact) mass is 210 g/mol. The molecule has 0 heterocycles. The summed E-state index contributed by atoms with van der Waals surface area (Å²) in [7, 11) is 0. The van der Waals surface area contributed by atoms with Crippen molar-refractivity contribution in [1.82, 2.24) is 0 Å². The maximum Gasteiger partial charge on any atom is 0.218 e. The normalized spacial score (nSPS) is 8.69. The fourth-order valence-corrected chi connectivity index (χ4v) is 0.470. The van der Waals surface area contributed by atoms with E-state index in [1.165, 1.54) is 6.92 Å². The summed E-state index contributed by atoms with van der Waals surface area (Å²) in [5, 5.41) is -0.361. The van der Waals surface area contributed by atoms with Crippen molar-refractivity contribution < 1.29 is 18.0 Å². The zero-order valence-electron chi connectivity index (χ0n) is 6.65. The van der Waals surface area contributed by atoms with Gasteiger partial charge in [-0.3, -0.25) is 4.79 Å². The average molecular weight is 211 g/mol. The molecule has 0 spiro atoms. The largest absolute Gasteiger partial charge is 0.282 e. The molecule has 0 aliphatic rings. The highest BCUT2D eigenvalue weighted by molar-refractivity contribution is 6.62. The van der Waals surface area contributed by atoms with Gasteiger partial charge in [-0.15, -0.1) is 0 Å². The number of benzene rings is 1. The van der Waals surface area contributed by atoms with Crippen molar-refractivity contribution in [2.75, 3.05) is 0 Å². The van der Waals surface area contributed by atoms with E-state index in [-0.39, 0.29) is 5.24 Å². The highest BCUT2D eigenvalue weighted by Crippen LogP contribution is 2.05. The Balaban J connectivity index is 0.000000310. The van der Waals surface area contributed by atoms with E-state index in [0.717, 1.165) is 12.1 Å². The molecule has 5 heteroatoms. The first kappa shape index (κ1) is 12.0. The lowest BCUT2D eigenvalue weighted by Crippen LogP contribution is -1.83. The van der Waals surface area contributed by atoms with Crippen LogP contribution in [0.5, 0.6) is 0 Å². The molecule has 1 aromatic carbocycles. The van der Waals surface area contributed by atoms with Gasteiger partial charge in [0.2, 0.25) is 5.24 Å². The zero-order chi connectivity index (χ0) is 10.4. The fraction of sp³-hybridized carbons (Fsp3) is 0.125. The Labute approximate surface area is 78.1 Å². The predicted octanol–water partition coefficient (Wildman–Crippen LogP) is 2.88. The summed E-state index contributed by atoms with van der Waals surface area (Å²) >= 11 is 4.64. The van der Waals surface area contributed by atoms with Crippen LogP contribution >= 0.6 is 11.6 Å². The van der Waals surface area contributed by atoms with Gasteiger partial charge in [0, 0.05) is 13.0 Å². The van der Waals surface area contributed by atoms with Crippen molar-refractivity contribution in [2.45, 2.75) is 6.92 Å². The number of hydrogen-bond donors (Lipinski definition) is 0. The highest BCUT2D eigenvalue weighted by atomic mass is 35.5. The summed E-state index contributed by atoms with van der Waals surface area (Å²) in [5.41, 5.74) is 0. The lowest BCUT2D eigenvalue weighted by Gasteiger charge is -1.88. The molecule has 72 valence electrons. The quantitative estimate of drug-likeness (QED) is 0.475. The van der Waals surface area contributed by atoms with Crippen LogP contribution in [0.4, 0.5) is 13.2 Å². The maximum atomic E-state index is 12.0. The van der Waals surface area contributed by atoms with E-state index < -0.39 is 17.5 Å². The zero-order valence-corrected chi connectivity index (χ0v) is 7.41. The topological polar surface area (TPSA) is 17.1 Å². The molecule has 0 atom stereocenters. The molecule has 1 nitrogen and oxygen atoms in total. The van der Waals surface area contributed by atoms with Crippen LogP contribution in [0.3, 0.4) is 0 Å². The van der Waals surface area contributed by atoms with Crippen LogP contribution in [0.25, 0.3) is 0 Å². The third kappa shape index (κ3) is 6.16. The third-order valence-corrected chi connectivity index (χ3v) is 0.882. The minimum Gasteiger partial charge on any atom is -0.282 e. The highest BCUT2D eigenvalue weighted by Gasteiger charge is 1.99. The van der Waals surface area contributed by atoms with Gasteiger partial charge < -0.3 is 0 Å². The van der Waals surface area contributed by atoms with E-state index in [4.69, 9.17) is 0 Å². The maximum absolute atomic E-state index is 12.0. The number of carbonyl (C=O) groups is 1. The van der Waals surface area contributed by atoms with Crippen LogP contribution in [0.15, 0.2) is 18.2 Å². The molecule has 0 unspecified atom stereocenters. The molecule has 0 aromatic heterocycles. The minimum absolute atomic E-state index is 0.361. The Bertz CT molecular complexity index is 297. The molecule has 13 heavy (non-hydrogen) atoms. The van der Waals surface area contributed by atoms with Crippen LogP contribution < -0.4 is 0 Å². The van der Waals surface area contributed by atoms with Gasteiger partial charge in [0.05, 0.1) is 0 Å². The van der Waals surface area contributed by atoms with Crippen LogP contribution in [-0.4, -0.2) is 5.24 Å². The van der Waals surface area contributed by atoms with Gasteiger partial charge in [-0.2, -0.15) is 0 Å². The summed E-state index contributed by atoms with van der Waals surface area (Å²) in [6.07, 6.45) is 0. The smallest absolute Gasteiger partial charge is 0.218 e. The van der Waals surface area contributed by atoms with Crippen LogP contribution in [0.1, 0.15) is 6.92 Å². The van der Waals surface area contributed by atoms with E-state index in [1.807, 2.05) is 0 Å². The van der Waals surface area contributed by atoms with Gasteiger partial charge in [-0.25, -0.2) is 13.2 Å². The Morgan fingerprint density at radius 3 is 2.00 bits per heavy atom. The van der Waals surface area contributed by atoms with E-state index in [1.54, 1.807) is 0 Å². The van der Waals surface area contributed by atoms with Gasteiger partial charge in [-0.1, -0.05) is 0 Å². The van der Waals surface area contributed by atoms with Crippen molar-refractivity contribution in [2.24, 2.45) is 0 Å². The Kier molecular flexibility index (Phi) is 5.14. The van der Waals surface area contributed by atoms with E-state index >= 15 is 0 Å². The van der Waals surface area contributed by atoms with Crippen LogP contribution in [0.2, 0.25) is 0 Å². The van der Waals surface area contributed by atoms with Crippen LogP contribution in [-0.2, 0) is 4.79 Å². The lowest BCUT2D eigenvalue weighted by atomic mass is 10.3. The predicted molar refractivity (Wildman–Crippen MR) is 42.9 cm³/mol. The van der Waals surface area contributed by atoms with Crippen molar-refractivity contribution in [3.05, 3.63) is 35.7 Å². The summed E-state index contributed by atoms with van der Waals surface area (Å²) in [6, 6.07) is 2.10. The van der Waals surface area contributed by atoms with Crippen molar-refractivity contribution in [1.29, 1.82) is 0 Å². The molecule has 0 fully saturated rings. The molecule has 1 rings (SSSR count). The molecule has 0 radical (unpaired) electrons. The molecule has 0 N–H and O–H groups in total. The second-order valence-electron chi connectivity index (χ2n) is 2.03. The van der Waals surface area contributed by atoms with Crippen molar-refractivity contribution >= 4 is 16.8 Å². The molecule has 0 aliphatic carbocycles. The standard InChI is InChI=1S/C6H3F3.C2H3ClO/c7-4-1-2-5(8)6(9)3-4;1-2(3)4/h1-3H;1H3. The van der Waals surface area contributed by atoms with Crippen molar-refractivity contribution in [3.8, 4) is 0 Å². The second-order valence-corrected chi connectivity index (χ2v) is 2.56. The first-order valence-corrected chi connectivity index (χ1v) is 3.58. The van der Waals surface area contributed by atoms with Crippen molar-refractivity contribution in [3.63, 3.8) is 0 Å². The summed E-state index contributed by atoms with van der Waals surface area (Å²) in [5.74, 6) is -2.96. The second kappa shape index (κ2) is 5.59. The number of hydrogen-bond acceptors (Lipinski definition) is 1. The molecule has 1 aromatic rings. The number of halogens is 4. The third-order valence-electron chi connectivity index (χ3n) is 0.882. The average Bonchev–Trinajstić information content (AvgIpc) is 1.96. The van der Waals surface area contributed by atoms with Crippen LogP contribution in [0, 0.1) is 17.5 Å². The molecule has 0 saturated heterocycles. The SMILES string of the molecule is CC(=O)Cl.Fc1ccc(F)c(F)c1. The molecule has 0 saturated carbocycles. The minimum atomic E-state index is -1.16. The summed E-state index contributed by atoms with van der Waals surface area (Å²) in [6.45, 7) is 1.29. The Morgan fingerprint density at radius 1 is 1.23 bits per heavy atom. The molecule has 0 aliphatic heterocycles. The van der Waals surface area contributed by atoms with Gasteiger partial charge >= 0.3 is 0 Å². The lowest BCUT2D eigenvalue weighted by molar-refractivity contribution is -0.109.